The first-order valence-electron chi connectivity index (χ1n) is 10.9. The second-order valence-electron chi connectivity index (χ2n) is 8.86. The number of nitriles is 1. The molecule has 0 saturated heterocycles. The normalized spacial score (nSPS) is 12.4. The van der Waals surface area contributed by atoms with Crippen molar-refractivity contribution >= 4 is 28.4 Å². The van der Waals surface area contributed by atoms with Gasteiger partial charge in [-0.25, -0.2) is 4.98 Å². The number of nitrogens with zero attached hydrogens (tertiary/aromatic N) is 5. The Hall–Kier alpha value is -3.83. The molecule has 0 aliphatic rings. The van der Waals surface area contributed by atoms with E-state index in [4.69, 9.17) is 0 Å². The Labute approximate surface area is 202 Å². The van der Waals surface area contributed by atoms with Gasteiger partial charge in [-0.1, -0.05) is 75.0 Å². The van der Waals surface area contributed by atoms with E-state index in [2.05, 4.69) is 65.7 Å². The van der Waals surface area contributed by atoms with E-state index in [-0.39, 0.29) is 22.5 Å². The average molecular weight is 471 g/mol. The fraction of sp³-hybridized carbons (Fsp3) is 0.231. The summed E-state index contributed by atoms with van der Waals surface area (Å²) in [6.45, 7) is 10.9. The van der Waals surface area contributed by atoms with Crippen LogP contribution in [0.3, 0.4) is 0 Å². The van der Waals surface area contributed by atoms with Gasteiger partial charge in [0, 0.05) is 12.1 Å². The number of H-pyrrole nitrogens is 1. The van der Waals surface area contributed by atoms with Gasteiger partial charge in [-0.2, -0.15) is 5.26 Å². The third kappa shape index (κ3) is 4.75. The zero-order valence-corrected chi connectivity index (χ0v) is 20.2. The molecule has 0 saturated carbocycles. The summed E-state index contributed by atoms with van der Waals surface area (Å²) in [6, 6.07) is 17.9. The van der Waals surface area contributed by atoms with Crippen molar-refractivity contribution in [1.29, 1.82) is 5.26 Å². The molecule has 7 nitrogen and oxygen atoms in total. The van der Waals surface area contributed by atoms with Crippen LogP contribution >= 0.6 is 11.8 Å². The molecule has 2 aromatic carbocycles. The molecule has 0 radical (unpaired) electrons. The minimum Gasteiger partial charge on any atom is -0.510 e. The number of nitrogens with one attached hydrogen (secondary N) is 1. The lowest BCUT2D eigenvalue weighted by molar-refractivity contribution is 0.420. The highest BCUT2D eigenvalue weighted by atomic mass is 32.2. The number of hydrogen-bond donors (Lipinski definition) is 2. The van der Waals surface area contributed by atoms with Crippen LogP contribution < -0.4 is 0 Å². The number of aromatic amines is 1. The summed E-state index contributed by atoms with van der Waals surface area (Å²) in [5.41, 5.74) is 3.91. The fourth-order valence-electron chi connectivity index (χ4n) is 3.55. The summed E-state index contributed by atoms with van der Waals surface area (Å²) in [6.07, 6.45) is 1.78. The predicted molar refractivity (Wildman–Crippen MR) is 136 cm³/mol. The molecular weight excluding hydrogens is 444 g/mol. The molecule has 8 heteroatoms. The van der Waals surface area contributed by atoms with E-state index in [9.17, 15) is 10.4 Å². The molecule has 172 valence electrons. The van der Waals surface area contributed by atoms with Gasteiger partial charge in [-0.05, 0) is 23.1 Å². The molecule has 2 N–H and O–H groups in total. The van der Waals surface area contributed by atoms with Gasteiger partial charge < -0.3 is 10.1 Å². The summed E-state index contributed by atoms with van der Waals surface area (Å²) in [4.78, 5) is 7.51. The number of aromatic nitrogens is 5. The minimum absolute atomic E-state index is 0.0660. The summed E-state index contributed by atoms with van der Waals surface area (Å²) >= 11 is 1.30. The Balaban J connectivity index is 1.59. The molecule has 34 heavy (non-hydrogen) atoms. The second kappa shape index (κ2) is 9.57. The first-order valence-corrected chi connectivity index (χ1v) is 11.9. The maximum Gasteiger partial charge on any atom is 0.192 e. The SMILES string of the molecule is C=CCn1c(SC/C(O)=C(\C#N)c2nc3ccccc3[nH]2)nnc1-c1ccc(C(C)(C)C)cc1. The molecule has 4 aromatic rings. The van der Waals surface area contributed by atoms with Crippen molar-refractivity contribution in [2.75, 3.05) is 5.75 Å². The Morgan fingerprint density at radius 1 is 1.18 bits per heavy atom. The van der Waals surface area contributed by atoms with Gasteiger partial charge in [0.1, 0.15) is 17.4 Å². The molecular formula is C26H26N6OS. The number of benzene rings is 2. The highest BCUT2D eigenvalue weighted by molar-refractivity contribution is 7.99. The molecule has 0 unspecified atom stereocenters. The van der Waals surface area contributed by atoms with E-state index in [1.54, 1.807) is 6.08 Å². The van der Waals surface area contributed by atoms with Crippen LogP contribution in [0.2, 0.25) is 0 Å². The zero-order valence-electron chi connectivity index (χ0n) is 19.4. The number of allylic oxidation sites excluding steroid dienone is 2. The van der Waals surface area contributed by atoms with Crippen LogP contribution in [0.4, 0.5) is 0 Å². The van der Waals surface area contributed by atoms with Crippen molar-refractivity contribution in [3.8, 4) is 17.5 Å². The minimum atomic E-state index is -0.0733. The van der Waals surface area contributed by atoms with Crippen molar-refractivity contribution in [1.82, 2.24) is 24.7 Å². The standard InChI is InChI=1S/C26H26N6OS/c1-5-14-32-24(17-10-12-18(13-11-17)26(2,3)4)30-31-25(32)34-16-22(33)19(15-27)23-28-20-8-6-7-9-21(20)29-23/h5-13,33H,1,14,16H2,2-4H3,(H,28,29)/b22-19-. The summed E-state index contributed by atoms with van der Waals surface area (Å²) in [5, 5.41) is 29.7. The lowest BCUT2D eigenvalue weighted by Gasteiger charge is -2.19. The van der Waals surface area contributed by atoms with Crippen LogP contribution in [0, 0.1) is 11.3 Å². The van der Waals surface area contributed by atoms with E-state index in [0.717, 1.165) is 22.4 Å². The van der Waals surface area contributed by atoms with Gasteiger partial charge in [0.25, 0.3) is 0 Å². The monoisotopic (exact) mass is 470 g/mol. The van der Waals surface area contributed by atoms with E-state index >= 15 is 0 Å². The van der Waals surface area contributed by atoms with Crippen molar-refractivity contribution < 1.29 is 5.11 Å². The Bertz CT molecular complexity index is 1370. The smallest absolute Gasteiger partial charge is 0.192 e. The number of para-hydroxylation sites is 2. The van der Waals surface area contributed by atoms with Crippen molar-refractivity contribution in [2.24, 2.45) is 0 Å². The van der Waals surface area contributed by atoms with E-state index in [0.29, 0.717) is 17.5 Å². The number of thioether (sulfide) groups is 1. The Morgan fingerprint density at radius 2 is 1.91 bits per heavy atom. The van der Waals surface area contributed by atoms with Gasteiger partial charge >= 0.3 is 0 Å². The van der Waals surface area contributed by atoms with Crippen LogP contribution in [-0.4, -0.2) is 35.6 Å². The fourth-order valence-corrected chi connectivity index (χ4v) is 4.38. The second-order valence-corrected chi connectivity index (χ2v) is 9.80. The Morgan fingerprint density at radius 3 is 2.56 bits per heavy atom. The molecule has 0 atom stereocenters. The van der Waals surface area contributed by atoms with Crippen molar-refractivity contribution in [3.05, 3.63) is 78.3 Å². The molecule has 0 fully saturated rings. The van der Waals surface area contributed by atoms with Gasteiger partial charge in [-0.15, -0.1) is 16.8 Å². The van der Waals surface area contributed by atoms with Crippen LogP contribution in [0.5, 0.6) is 0 Å². The van der Waals surface area contributed by atoms with Crippen LogP contribution in [-0.2, 0) is 12.0 Å². The lowest BCUT2D eigenvalue weighted by Crippen LogP contribution is -2.10. The number of fused-ring (bicyclic) bond motifs is 1. The topological polar surface area (TPSA) is 103 Å². The van der Waals surface area contributed by atoms with Gasteiger partial charge in [0.2, 0.25) is 0 Å². The molecule has 0 amide bonds. The van der Waals surface area contributed by atoms with E-state index < -0.39 is 0 Å². The molecule has 0 bridgehead atoms. The molecule has 2 heterocycles. The molecule has 2 aromatic heterocycles. The van der Waals surface area contributed by atoms with E-state index in [1.165, 1.54) is 17.3 Å². The maximum absolute atomic E-state index is 10.7. The first kappa shape index (κ1) is 23.3. The third-order valence-corrected chi connectivity index (χ3v) is 6.38. The van der Waals surface area contributed by atoms with Crippen LogP contribution in [0.15, 0.2) is 72.1 Å². The molecule has 4 rings (SSSR count). The summed E-state index contributed by atoms with van der Waals surface area (Å²) in [5.74, 6) is 1.15. The number of rotatable bonds is 7. The molecule has 0 aliphatic carbocycles. The predicted octanol–water partition coefficient (Wildman–Crippen LogP) is 5.89. The quantitative estimate of drug-likeness (QED) is 0.151. The first-order chi connectivity index (χ1) is 16.3. The largest absolute Gasteiger partial charge is 0.510 e. The van der Waals surface area contributed by atoms with Crippen LogP contribution in [0.1, 0.15) is 32.2 Å². The highest BCUT2D eigenvalue weighted by Crippen LogP contribution is 2.29. The van der Waals surface area contributed by atoms with Crippen molar-refractivity contribution in [3.63, 3.8) is 0 Å². The van der Waals surface area contributed by atoms with Gasteiger partial charge in [-0.3, -0.25) is 4.57 Å². The number of aliphatic hydroxyl groups excluding tert-OH is 1. The molecule has 0 aliphatic heterocycles. The summed E-state index contributed by atoms with van der Waals surface area (Å²) in [7, 11) is 0. The zero-order chi connectivity index (χ0) is 24.3. The lowest BCUT2D eigenvalue weighted by atomic mass is 9.87. The number of hydrogen-bond acceptors (Lipinski definition) is 6. The third-order valence-electron chi connectivity index (χ3n) is 5.40. The van der Waals surface area contributed by atoms with E-state index in [1.807, 2.05) is 41.0 Å². The maximum atomic E-state index is 10.7. The summed E-state index contributed by atoms with van der Waals surface area (Å²) < 4.78 is 1.95. The van der Waals surface area contributed by atoms with Crippen LogP contribution in [0.25, 0.3) is 28.0 Å². The molecule has 0 spiro atoms. The van der Waals surface area contributed by atoms with Gasteiger partial charge in [0.15, 0.2) is 16.8 Å². The number of aliphatic hydroxyl groups is 1. The van der Waals surface area contributed by atoms with Gasteiger partial charge in [0.05, 0.1) is 16.8 Å². The average Bonchev–Trinajstić information content (AvgIpc) is 3.42. The Kier molecular flexibility index (Phi) is 6.57. The highest BCUT2D eigenvalue weighted by Gasteiger charge is 2.18. The van der Waals surface area contributed by atoms with Crippen molar-refractivity contribution in [2.45, 2.75) is 37.9 Å². The number of imidazole rings is 1.